The lowest BCUT2D eigenvalue weighted by atomic mass is 9.97. The lowest BCUT2D eigenvalue weighted by Gasteiger charge is -2.12. The highest BCUT2D eigenvalue weighted by atomic mass is 32.2. The van der Waals surface area contributed by atoms with Gasteiger partial charge < -0.3 is 5.11 Å². The van der Waals surface area contributed by atoms with Gasteiger partial charge in [-0.2, -0.15) is 0 Å². The smallest absolute Gasteiger partial charge is 0.307 e. The van der Waals surface area contributed by atoms with Gasteiger partial charge in [-0.3, -0.25) is 4.79 Å². The van der Waals surface area contributed by atoms with Crippen molar-refractivity contribution in [2.75, 3.05) is 0 Å². The maximum atomic E-state index is 12.6. The summed E-state index contributed by atoms with van der Waals surface area (Å²) in [5, 5.41) is 10.9. The van der Waals surface area contributed by atoms with Crippen LogP contribution in [-0.2, 0) is 26.8 Å². The molecule has 0 aliphatic heterocycles. The fraction of sp³-hybridized carbons (Fsp3) is 0.105. The summed E-state index contributed by atoms with van der Waals surface area (Å²) in [6.45, 7) is 0. The second-order valence-electron chi connectivity index (χ2n) is 5.57. The summed E-state index contributed by atoms with van der Waals surface area (Å²) in [7, 11) is -3.53. The molecule has 122 valence electrons. The Kier molecular flexibility index (Phi) is 4.36. The summed E-state index contributed by atoms with van der Waals surface area (Å²) in [6, 6.07) is 19.1. The Balaban J connectivity index is 2.11. The first-order chi connectivity index (χ1) is 11.5. The molecule has 0 saturated heterocycles. The molecule has 3 aromatic carbocycles. The molecule has 24 heavy (non-hydrogen) atoms. The first-order valence-corrected chi connectivity index (χ1v) is 9.12. The van der Waals surface area contributed by atoms with E-state index in [1.54, 1.807) is 36.4 Å². The summed E-state index contributed by atoms with van der Waals surface area (Å²) in [5.74, 6) is -1.20. The Morgan fingerprint density at radius 2 is 1.54 bits per heavy atom. The van der Waals surface area contributed by atoms with E-state index < -0.39 is 15.8 Å². The second kappa shape index (κ2) is 6.45. The molecule has 0 spiro atoms. The number of benzene rings is 3. The fourth-order valence-electron chi connectivity index (χ4n) is 2.79. The van der Waals surface area contributed by atoms with Crippen LogP contribution in [0.5, 0.6) is 0 Å². The maximum Gasteiger partial charge on any atom is 0.307 e. The third-order valence-corrected chi connectivity index (χ3v) is 5.59. The van der Waals surface area contributed by atoms with Crippen LogP contribution >= 0.6 is 0 Å². The van der Waals surface area contributed by atoms with Gasteiger partial charge in [-0.15, -0.1) is 0 Å². The van der Waals surface area contributed by atoms with Crippen LogP contribution < -0.4 is 0 Å². The molecule has 3 aromatic rings. The average molecular weight is 340 g/mol. The molecule has 0 atom stereocenters. The van der Waals surface area contributed by atoms with Crippen LogP contribution in [0.3, 0.4) is 0 Å². The van der Waals surface area contributed by atoms with Crippen molar-refractivity contribution in [2.45, 2.75) is 17.1 Å². The Bertz CT molecular complexity index is 992. The molecule has 5 heteroatoms. The monoisotopic (exact) mass is 340 g/mol. The Labute approximate surface area is 140 Å². The number of aliphatic carboxylic acids is 1. The number of hydrogen-bond donors (Lipinski definition) is 1. The highest BCUT2D eigenvalue weighted by Gasteiger charge is 2.19. The zero-order valence-electron chi connectivity index (χ0n) is 12.8. The van der Waals surface area contributed by atoms with E-state index in [0.717, 1.165) is 10.8 Å². The minimum atomic E-state index is -3.53. The second-order valence-corrected chi connectivity index (χ2v) is 7.56. The third-order valence-electron chi connectivity index (χ3n) is 3.91. The van der Waals surface area contributed by atoms with Crippen LogP contribution in [0, 0.1) is 0 Å². The van der Waals surface area contributed by atoms with Gasteiger partial charge in [0.25, 0.3) is 0 Å². The first-order valence-electron chi connectivity index (χ1n) is 7.46. The van der Waals surface area contributed by atoms with Crippen LogP contribution in [0.4, 0.5) is 0 Å². The van der Waals surface area contributed by atoms with Crippen molar-refractivity contribution in [2.24, 2.45) is 0 Å². The van der Waals surface area contributed by atoms with Crippen LogP contribution in [0.2, 0.25) is 0 Å². The van der Waals surface area contributed by atoms with E-state index in [1.165, 1.54) is 0 Å². The molecule has 0 aliphatic carbocycles. The molecule has 0 aromatic heterocycles. The lowest BCUT2D eigenvalue weighted by Crippen LogP contribution is -2.10. The average Bonchev–Trinajstić information content (AvgIpc) is 2.57. The third kappa shape index (κ3) is 3.31. The molecular weight excluding hydrogens is 324 g/mol. The number of rotatable bonds is 5. The van der Waals surface area contributed by atoms with Gasteiger partial charge in [0.1, 0.15) is 0 Å². The first kappa shape index (κ1) is 16.2. The van der Waals surface area contributed by atoms with Crippen molar-refractivity contribution in [3.8, 4) is 0 Å². The number of carboxylic acids is 1. The van der Waals surface area contributed by atoms with Gasteiger partial charge in [0.15, 0.2) is 9.84 Å². The predicted octanol–water partition coefficient (Wildman–Crippen LogP) is 3.44. The molecule has 3 rings (SSSR count). The van der Waals surface area contributed by atoms with Crippen LogP contribution in [0.1, 0.15) is 11.1 Å². The van der Waals surface area contributed by atoms with Crippen molar-refractivity contribution in [1.29, 1.82) is 0 Å². The van der Waals surface area contributed by atoms with E-state index in [9.17, 15) is 18.3 Å². The number of fused-ring (bicyclic) bond motifs is 1. The SMILES string of the molecule is O=C(O)Cc1c(CS(=O)(=O)c2ccccc2)ccc2ccccc12. The minimum Gasteiger partial charge on any atom is -0.481 e. The van der Waals surface area contributed by atoms with Gasteiger partial charge >= 0.3 is 5.97 Å². The maximum absolute atomic E-state index is 12.6. The molecule has 0 saturated carbocycles. The lowest BCUT2D eigenvalue weighted by molar-refractivity contribution is -0.136. The van der Waals surface area contributed by atoms with Crippen molar-refractivity contribution in [3.63, 3.8) is 0 Å². The van der Waals surface area contributed by atoms with Crippen molar-refractivity contribution >= 4 is 26.6 Å². The molecule has 0 unspecified atom stereocenters. The molecule has 1 N–H and O–H groups in total. The molecular formula is C19H16O4S. The van der Waals surface area contributed by atoms with Crippen LogP contribution in [0.25, 0.3) is 10.8 Å². The highest BCUT2D eigenvalue weighted by Crippen LogP contribution is 2.26. The highest BCUT2D eigenvalue weighted by molar-refractivity contribution is 7.90. The Morgan fingerprint density at radius 3 is 2.25 bits per heavy atom. The number of sulfone groups is 1. The van der Waals surface area contributed by atoms with E-state index in [4.69, 9.17) is 0 Å². The summed E-state index contributed by atoms with van der Waals surface area (Å²) >= 11 is 0. The fourth-order valence-corrected chi connectivity index (χ4v) is 4.21. The summed E-state index contributed by atoms with van der Waals surface area (Å²) in [4.78, 5) is 11.5. The van der Waals surface area contributed by atoms with Crippen molar-refractivity contribution in [3.05, 3.63) is 77.9 Å². The molecule has 0 radical (unpaired) electrons. The number of hydrogen-bond acceptors (Lipinski definition) is 3. The molecule has 0 bridgehead atoms. The predicted molar refractivity (Wildman–Crippen MR) is 92.6 cm³/mol. The van der Waals surface area contributed by atoms with E-state index in [0.29, 0.717) is 11.1 Å². The van der Waals surface area contributed by atoms with E-state index in [2.05, 4.69) is 0 Å². The van der Waals surface area contributed by atoms with E-state index in [1.807, 2.05) is 30.3 Å². The van der Waals surface area contributed by atoms with Gasteiger partial charge in [-0.25, -0.2) is 8.42 Å². The molecule has 0 heterocycles. The Hall–Kier alpha value is -2.66. The van der Waals surface area contributed by atoms with Gasteiger partial charge in [-0.1, -0.05) is 54.6 Å². The van der Waals surface area contributed by atoms with Gasteiger partial charge in [-0.05, 0) is 34.0 Å². The topological polar surface area (TPSA) is 71.4 Å². The zero-order chi connectivity index (χ0) is 17.2. The molecule has 4 nitrogen and oxygen atoms in total. The summed E-state index contributed by atoms with van der Waals surface area (Å²) in [5.41, 5.74) is 1.08. The quantitative estimate of drug-likeness (QED) is 0.772. The molecule has 0 amide bonds. The zero-order valence-corrected chi connectivity index (χ0v) is 13.7. The van der Waals surface area contributed by atoms with Crippen molar-refractivity contribution < 1.29 is 18.3 Å². The van der Waals surface area contributed by atoms with Gasteiger partial charge in [0.2, 0.25) is 0 Å². The summed E-state index contributed by atoms with van der Waals surface area (Å²) in [6.07, 6.45) is -0.207. The number of carbonyl (C=O) groups is 1. The normalized spacial score (nSPS) is 11.5. The van der Waals surface area contributed by atoms with Crippen molar-refractivity contribution in [1.82, 2.24) is 0 Å². The largest absolute Gasteiger partial charge is 0.481 e. The molecule has 0 aliphatic rings. The van der Waals surface area contributed by atoms with Gasteiger partial charge in [0.05, 0.1) is 17.1 Å². The minimum absolute atomic E-state index is 0.207. The van der Waals surface area contributed by atoms with Crippen LogP contribution in [-0.4, -0.2) is 19.5 Å². The van der Waals surface area contributed by atoms with E-state index in [-0.39, 0.29) is 17.1 Å². The van der Waals surface area contributed by atoms with Gasteiger partial charge in [0, 0.05) is 0 Å². The van der Waals surface area contributed by atoms with E-state index >= 15 is 0 Å². The standard InChI is InChI=1S/C19H16O4S/c20-19(21)12-18-15(11-10-14-6-4-5-9-17(14)18)13-24(22,23)16-7-2-1-3-8-16/h1-11H,12-13H2,(H,20,21). The molecule has 0 fully saturated rings. The number of carboxylic acid groups (broad SMARTS) is 1. The Morgan fingerprint density at radius 1 is 0.875 bits per heavy atom. The van der Waals surface area contributed by atoms with Crippen LogP contribution in [0.15, 0.2) is 71.6 Å². The summed E-state index contributed by atoms with van der Waals surface area (Å²) < 4.78 is 25.3.